The van der Waals surface area contributed by atoms with Crippen molar-refractivity contribution in [1.29, 1.82) is 0 Å². The maximum atomic E-state index is 11.2. The molecule has 0 saturated heterocycles. The van der Waals surface area contributed by atoms with Gasteiger partial charge in [0.15, 0.2) is 6.23 Å². The van der Waals surface area contributed by atoms with Gasteiger partial charge in [0.2, 0.25) is 0 Å². The van der Waals surface area contributed by atoms with Crippen LogP contribution in [0.3, 0.4) is 0 Å². The lowest BCUT2D eigenvalue weighted by Gasteiger charge is -2.04. The number of nitrogens with two attached hydrogens (primary N) is 1. The summed E-state index contributed by atoms with van der Waals surface area (Å²) in [6.45, 7) is 0. The fraction of sp³-hybridized carbons (Fsp3) is 0.125. The first-order valence-corrected chi connectivity index (χ1v) is 4.05. The molecule has 1 aromatic carbocycles. The summed E-state index contributed by atoms with van der Waals surface area (Å²) in [5, 5.41) is 12.0. The molecule has 0 bridgehead atoms. The van der Waals surface area contributed by atoms with Gasteiger partial charge < -0.3 is 16.2 Å². The summed E-state index contributed by atoms with van der Waals surface area (Å²) < 4.78 is 0. The Balaban J connectivity index is 2.65. The van der Waals surface area contributed by atoms with E-state index in [9.17, 15) is 9.90 Å². The Hall–Kier alpha value is -1.26. The van der Waals surface area contributed by atoms with Crippen molar-refractivity contribution in [3.63, 3.8) is 0 Å². The molecule has 1 unspecified atom stereocenters. The molecule has 1 atom stereocenters. The molecule has 0 fully saturated rings. The zero-order valence-corrected chi connectivity index (χ0v) is 7.30. The molecule has 0 aliphatic carbocycles. The number of rotatable bonds is 0. The average molecular weight is 199 g/mol. The van der Waals surface area contributed by atoms with Crippen molar-refractivity contribution >= 4 is 23.2 Å². The van der Waals surface area contributed by atoms with E-state index in [1.54, 1.807) is 0 Å². The smallest absolute Gasteiger partial charge is 0.254 e. The van der Waals surface area contributed by atoms with Crippen LogP contribution in [0.2, 0.25) is 5.02 Å². The van der Waals surface area contributed by atoms with Crippen molar-refractivity contribution in [3.8, 4) is 0 Å². The van der Waals surface area contributed by atoms with Crippen LogP contribution in [0, 0.1) is 0 Å². The summed E-state index contributed by atoms with van der Waals surface area (Å²) in [5.41, 5.74) is 6.74. The summed E-state index contributed by atoms with van der Waals surface area (Å²) in [4.78, 5) is 11.2. The minimum atomic E-state index is -0.970. The zero-order chi connectivity index (χ0) is 9.59. The normalized spacial score (nSPS) is 19.8. The van der Waals surface area contributed by atoms with Crippen molar-refractivity contribution in [2.75, 3.05) is 5.73 Å². The second-order valence-corrected chi connectivity index (χ2v) is 3.24. The Kier molecular flexibility index (Phi) is 1.68. The second-order valence-electron chi connectivity index (χ2n) is 2.84. The Labute approximate surface area is 79.3 Å². The molecule has 1 heterocycles. The minimum Gasteiger partial charge on any atom is -0.398 e. The van der Waals surface area contributed by atoms with Gasteiger partial charge in [-0.25, -0.2) is 0 Å². The monoisotopic (exact) mass is 198 g/mol. The molecule has 4 N–H and O–H groups in total. The molecule has 0 saturated carbocycles. The fourth-order valence-electron chi connectivity index (χ4n) is 1.31. The van der Waals surface area contributed by atoms with E-state index in [1.165, 1.54) is 12.1 Å². The number of aliphatic hydroxyl groups is 1. The molecule has 1 aromatic rings. The van der Waals surface area contributed by atoms with Crippen LogP contribution in [-0.4, -0.2) is 11.0 Å². The largest absolute Gasteiger partial charge is 0.398 e. The number of carbonyl (C=O) groups excluding carboxylic acids is 1. The van der Waals surface area contributed by atoms with Gasteiger partial charge in [-0.05, 0) is 12.1 Å². The number of nitrogens with one attached hydrogen (secondary N) is 1. The van der Waals surface area contributed by atoms with Gasteiger partial charge in [0.1, 0.15) is 0 Å². The topological polar surface area (TPSA) is 75.4 Å². The van der Waals surface area contributed by atoms with Gasteiger partial charge in [-0.3, -0.25) is 4.79 Å². The number of nitrogen functional groups attached to an aromatic ring is 1. The molecule has 2 rings (SSSR count). The Bertz CT molecular complexity index is 392. The second kappa shape index (κ2) is 2.61. The van der Waals surface area contributed by atoms with Gasteiger partial charge >= 0.3 is 0 Å². The first-order valence-electron chi connectivity index (χ1n) is 3.67. The van der Waals surface area contributed by atoms with Crippen LogP contribution in [0.5, 0.6) is 0 Å². The highest BCUT2D eigenvalue weighted by Gasteiger charge is 2.27. The van der Waals surface area contributed by atoms with Crippen molar-refractivity contribution in [2.24, 2.45) is 0 Å². The lowest BCUT2D eigenvalue weighted by atomic mass is 10.1. The number of fused-ring (bicyclic) bond motifs is 1. The molecule has 1 amide bonds. The van der Waals surface area contributed by atoms with E-state index >= 15 is 0 Å². The van der Waals surface area contributed by atoms with Gasteiger partial charge in [0.05, 0.1) is 10.7 Å². The van der Waals surface area contributed by atoms with Crippen molar-refractivity contribution in [3.05, 3.63) is 28.3 Å². The third kappa shape index (κ3) is 1.15. The van der Waals surface area contributed by atoms with Crippen LogP contribution in [0.4, 0.5) is 5.69 Å². The minimum absolute atomic E-state index is 0.322. The molecule has 0 spiro atoms. The van der Waals surface area contributed by atoms with Crippen LogP contribution < -0.4 is 11.1 Å². The van der Waals surface area contributed by atoms with Gasteiger partial charge in [0, 0.05) is 11.1 Å². The van der Waals surface area contributed by atoms with E-state index in [-0.39, 0.29) is 5.91 Å². The highest BCUT2D eigenvalue weighted by Crippen LogP contribution is 2.30. The lowest BCUT2D eigenvalue weighted by Crippen LogP contribution is -2.17. The molecule has 68 valence electrons. The molecule has 0 aromatic heterocycles. The van der Waals surface area contributed by atoms with E-state index < -0.39 is 6.23 Å². The summed E-state index contributed by atoms with van der Waals surface area (Å²) in [6, 6.07) is 2.96. The number of hydrogen-bond donors (Lipinski definition) is 3. The maximum absolute atomic E-state index is 11.2. The average Bonchev–Trinajstić information content (AvgIpc) is 2.31. The van der Waals surface area contributed by atoms with E-state index in [2.05, 4.69) is 5.32 Å². The molecule has 4 nitrogen and oxygen atoms in total. The summed E-state index contributed by atoms with van der Waals surface area (Å²) in [7, 11) is 0. The Morgan fingerprint density at radius 1 is 1.54 bits per heavy atom. The summed E-state index contributed by atoms with van der Waals surface area (Å²) in [5.74, 6) is -0.329. The Morgan fingerprint density at radius 2 is 2.23 bits per heavy atom. The number of amides is 1. The van der Waals surface area contributed by atoms with E-state index in [0.717, 1.165) is 0 Å². The molecule has 5 heteroatoms. The van der Waals surface area contributed by atoms with E-state index in [1.807, 2.05) is 0 Å². The first-order chi connectivity index (χ1) is 6.09. The number of anilines is 1. The van der Waals surface area contributed by atoms with Crippen LogP contribution in [0.1, 0.15) is 22.1 Å². The van der Waals surface area contributed by atoms with Gasteiger partial charge in [0.25, 0.3) is 5.91 Å². The number of halogens is 1. The van der Waals surface area contributed by atoms with Crippen molar-refractivity contribution in [1.82, 2.24) is 5.32 Å². The quantitative estimate of drug-likeness (QED) is 0.536. The summed E-state index contributed by atoms with van der Waals surface area (Å²) in [6.07, 6.45) is -0.970. The van der Waals surface area contributed by atoms with Crippen molar-refractivity contribution in [2.45, 2.75) is 6.23 Å². The van der Waals surface area contributed by atoms with Gasteiger partial charge in [-0.2, -0.15) is 0 Å². The van der Waals surface area contributed by atoms with E-state index in [4.69, 9.17) is 17.3 Å². The third-order valence-corrected chi connectivity index (χ3v) is 2.30. The first kappa shape index (κ1) is 8.34. The highest BCUT2D eigenvalue weighted by molar-refractivity contribution is 6.33. The lowest BCUT2D eigenvalue weighted by molar-refractivity contribution is 0.0850. The number of benzene rings is 1. The van der Waals surface area contributed by atoms with E-state index in [0.29, 0.717) is 21.8 Å². The predicted octanol–water partition coefficient (Wildman–Crippen LogP) is 0.657. The Morgan fingerprint density at radius 3 is 2.92 bits per heavy atom. The van der Waals surface area contributed by atoms with Crippen LogP contribution in [0.15, 0.2) is 12.1 Å². The molecule has 13 heavy (non-hydrogen) atoms. The molecular weight excluding hydrogens is 192 g/mol. The van der Waals surface area contributed by atoms with Gasteiger partial charge in [-0.1, -0.05) is 11.6 Å². The standard InChI is InChI=1S/C8H7ClN2O2/c9-5-1-3-4(2-6(5)10)8(13)11-7(3)12/h1-2,8,13H,10H2,(H,11,12). The summed E-state index contributed by atoms with van der Waals surface area (Å²) >= 11 is 5.72. The maximum Gasteiger partial charge on any atom is 0.254 e. The number of carbonyl (C=O) groups is 1. The van der Waals surface area contributed by atoms with Crippen LogP contribution >= 0.6 is 11.6 Å². The number of aliphatic hydroxyl groups excluding tert-OH is 1. The zero-order valence-electron chi connectivity index (χ0n) is 6.54. The number of hydrogen-bond acceptors (Lipinski definition) is 3. The predicted molar refractivity (Wildman–Crippen MR) is 48.3 cm³/mol. The molecule has 0 radical (unpaired) electrons. The van der Waals surface area contributed by atoms with Crippen molar-refractivity contribution < 1.29 is 9.90 Å². The highest BCUT2D eigenvalue weighted by atomic mass is 35.5. The molecule has 1 aliphatic rings. The molecule has 1 aliphatic heterocycles. The van der Waals surface area contributed by atoms with Crippen LogP contribution in [0.25, 0.3) is 0 Å². The third-order valence-electron chi connectivity index (χ3n) is 1.98. The van der Waals surface area contributed by atoms with Gasteiger partial charge in [-0.15, -0.1) is 0 Å². The molecular formula is C8H7ClN2O2. The van der Waals surface area contributed by atoms with Crippen LogP contribution in [-0.2, 0) is 0 Å². The fourth-order valence-corrected chi connectivity index (χ4v) is 1.47. The SMILES string of the molecule is Nc1cc2c(cc1Cl)C(=O)NC2O.